The number of likely N-dealkylation sites (tertiary alicyclic amines) is 1. The molecule has 1 N–H and O–H groups in total. The molecule has 31 heavy (non-hydrogen) atoms. The van der Waals surface area contributed by atoms with Gasteiger partial charge in [-0.1, -0.05) is 54.6 Å². The van der Waals surface area contributed by atoms with Crippen LogP contribution < -0.4 is 0 Å². The zero-order chi connectivity index (χ0) is 22.4. The average molecular weight is 426 g/mol. The van der Waals surface area contributed by atoms with Gasteiger partial charge in [0.2, 0.25) is 0 Å². The van der Waals surface area contributed by atoms with Crippen LogP contribution in [-0.2, 0) is 33.9 Å². The van der Waals surface area contributed by atoms with Gasteiger partial charge in [0.15, 0.2) is 0 Å². The molecule has 6 nitrogen and oxygen atoms in total. The number of nitrogens with zero attached hydrogens (tertiary/aromatic N) is 1. The molecule has 2 unspecified atom stereocenters. The molecule has 0 aliphatic carbocycles. The van der Waals surface area contributed by atoms with Gasteiger partial charge in [0.25, 0.3) is 0 Å². The van der Waals surface area contributed by atoms with Gasteiger partial charge in [-0.2, -0.15) is 0 Å². The Morgan fingerprint density at radius 3 is 2.13 bits per heavy atom. The zero-order valence-corrected chi connectivity index (χ0v) is 18.4. The lowest BCUT2D eigenvalue weighted by molar-refractivity contribution is -0.142. The van der Waals surface area contributed by atoms with E-state index in [1.165, 1.54) is 4.90 Å². The highest BCUT2D eigenvalue weighted by molar-refractivity contribution is 5.81. The Morgan fingerprint density at radius 2 is 1.55 bits per heavy atom. The van der Waals surface area contributed by atoms with Gasteiger partial charge in [-0.15, -0.1) is 0 Å². The highest BCUT2D eigenvalue weighted by atomic mass is 16.6. The fourth-order valence-corrected chi connectivity index (χ4v) is 3.79. The minimum absolute atomic E-state index is 0.0776. The second kappa shape index (κ2) is 9.96. The molecule has 0 bridgehead atoms. The van der Waals surface area contributed by atoms with Crippen LogP contribution in [0.1, 0.15) is 43.9 Å². The van der Waals surface area contributed by atoms with Crippen molar-refractivity contribution in [2.24, 2.45) is 5.92 Å². The number of carboxylic acids is 1. The summed E-state index contributed by atoms with van der Waals surface area (Å²) in [6, 6.07) is 17.4. The van der Waals surface area contributed by atoms with E-state index in [9.17, 15) is 14.7 Å². The topological polar surface area (TPSA) is 76.1 Å². The van der Waals surface area contributed by atoms with Crippen molar-refractivity contribution in [3.8, 4) is 0 Å². The first kappa shape index (κ1) is 22.8. The molecule has 2 atom stereocenters. The van der Waals surface area contributed by atoms with Gasteiger partial charge in [0.05, 0.1) is 13.2 Å². The molecule has 166 valence electrons. The molecule has 2 aromatic rings. The number of rotatable bonds is 7. The van der Waals surface area contributed by atoms with E-state index in [0.717, 1.165) is 16.7 Å². The maximum atomic E-state index is 12.4. The largest absolute Gasteiger partial charge is 0.480 e. The van der Waals surface area contributed by atoms with Crippen molar-refractivity contribution in [2.75, 3.05) is 6.54 Å². The monoisotopic (exact) mass is 425 g/mol. The van der Waals surface area contributed by atoms with E-state index < -0.39 is 23.7 Å². The van der Waals surface area contributed by atoms with Crippen LogP contribution in [0.4, 0.5) is 4.79 Å². The van der Waals surface area contributed by atoms with Gasteiger partial charge >= 0.3 is 12.1 Å². The van der Waals surface area contributed by atoms with Gasteiger partial charge < -0.3 is 14.6 Å². The average Bonchev–Trinajstić information content (AvgIpc) is 3.13. The lowest BCUT2D eigenvalue weighted by atomic mass is 9.96. The van der Waals surface area contributed by atoms with Crippen LogP contribution in [0.3, 0.4) is 0 Å². The summed E-state index contributed by atoms with van der Waals surface area (Å²) in [5.74, 6) is -0.909. The molecule has 0 aromatic heterocycles. The number of hydrogen-bond donors (Lipinski definition) is 1. The molecule has 2 aromatic carbocycles. The van der Waals surface area contributed by atoms with Gasteiger partial charge in [-0.05, 0) is 56.2 Å². The van der Waals surface area contributed by atoms with Crippen LogP contribution in [0.2, 0.25) is 0 Å². The minimum Gasteiger partial charge on any atom is -0.480 e. The Kier molecular flexibility index (Phi) is 7.33. The third-order valence-corrected chi connectivity index (χ3v) is 5.23. The van der Waals surface area contributed by atoms with E-state index in [4.69, 9.17) is 9.47 Å². The molecular formula is C25H31NO5. The molecule has 1 amide bonds. The third kappa shape index (κ3) is 6.82. The third-order valence-electron chi connectivity index (χ3n) is 5.23. The van der Waals surface area contributed by atoms with Crippen LogP contribution in [0.25, 0.3) is 0 Å². The van der Waals surface area contributed by atoms with Crippen LogP contribution in [0.15, 0.2) is 54.6 Å². The number of carbonyl (C=O) groups is 2. The summed E-state index contributed by atoms with van der Waals surface area (Å²) < 4.78 is 11.2. The highest BCUT2D eigenvalue weighted by Gasteiger charge is 2.41. The van der Waals surface area contributed by atoms with Crippen molar-refractivity contribution in [1.82, 2.24) is 4.90 Å². The number of benzene rings is 2. The second-order valence-corrected chi connectivity index (χ2v) is 9.09. The highest BCUT2D eigenvalue weighted by Crippen LogP contribution is 2.28. The summed E-state index contributed by atoms with van der Waals surface area (Å²) in [6.45, 7) is 6.82. The van der Waals surface area contributed by atoms with Crippen molar-refractivity contribution >= 4 is 12.1 Å². The van der Waals surface area contributed by atoms with Gasteiger partial charge in [0.1, 0.15) is 11.6 Å². The Labute approximate surface area is 183 Å². The Morgan fingerprint density at radius 1 is 0.968 bits per heavy atom. The quantitative estimate of drug-likeness (QED) is 0.698. The fraction of sp³-hybridized carbons (Fsp3) is 0.440. The van der Waals surface area contributed by atoms with E-state index in [1.807, 2.05) is 54.6 Å². The number of carbonyl (C=O) groups excluding carboxylic acids is 1. The summed E-state index contributed by atoms with van der Waals surface area (Å²) in [5.41, 5.74) is 2.69. The Hall–Kier alpha value is -2.86. The molecule has 1 saturated heterocycles. The smallest absolute Gasteiger partial charge is 0.411 e. The lowest BCUT2D eigenvalue weighted by Crippen LogP contribution is -2.43. The number of hydrogen-bond acceptors (Lipinski definition) is 4. The summed E-state index contributed by atoms with van der Waals surface area (Å²) in [6.07, 6.45) is 0.582. The van der Waals surface area contributed by atoms with E-state index in [1.54, 1.807) is 20.8 Å². The number of ether oxygens (including phenoxy) is 2. The molecule has 1 aliphatic rings. The van der Waals surface area contributed by atoms with Crippen molar-refractivity contribution in [1.29, 1.82) is 0 Å². The molecule has 6 heteroatoms. The van der Waals surface area contributed by atoms with Crippen molar-refractivity contribution in [3.05, 3.63) is 71.3 Å². The van der Waals surface area contributed by atoms with Crippen molar-refractivity contribution < 1.29 is 24.2 Å². The van der Waals surface area contributed by atoms with Crippen LogP contribution >= 0.6 is 0 Å². The SMILES string of the molecule is CC(C)(C)OC(=O)N1CC(Cc2ccc(COCc3ccccc3)cc2)CC1C(=O)O. The molecule has 0 saturated carbocycles. The van der Waals surface area contributed by atoms with Crippen LogP contribution in [0.5, 0.6) is 0 Å². The normalized spacial score (nSPS) is 18.7. The standard InChI is InChI=1S/C25H31NO5/c1-25(2,3)31-24(29)26-15-21(14-22(26)23(27)28)13-18-9-11-20(12-10-18)17-30-16-19-7-5-4-6-8-19/h4-12,21-22H,13-17H2,1-3H3,(H,27,28). The maximum absolute atomic E-state index is 12.4. The Bertz CT molecular complexity index is 873. The summed E-state index contributed by atoms with van der Waals surface area (Å²) >= 11 is 0. The molecule has 1 aliphatic heterocycles. The van der Waals surface area contributed by atoms with E-state index in [2.05, 4.69) is 0 Å². The van der Waals surface area contributed by atoms with Crippen LogP contribution in [-0.4, -0.2) is 40.3 Å². The minimum atomic E-state index is -0.987. The molecule has 0 radical (unpaired) electrons. The first-order valence-corrected chi connectivity index (χ1v) is 10.6. The molecular weight excluding hydrogens is 394 g/mol. The van der Waals surface area contributed by atoms with E-state index in [-0.39, 0.29) is 5.92 Å². The zero-order valence-electron chi connectivity index (χ0n) is 18.4. The predicted octanol–water partition coefficient (Wildman–Crippen LogP) is 4.66. The maximum Gasteiger partial charge on any atom is 0.411 e. The van der Waals surface area contributed by atoms with Gasteiger partial charge in [-0.3, -0.25) is 4.90 Å². The lowest BCUT2D eigenvalue weighted by Gasteiger charge is -2.26. The van der Waals surface area contributed by atoms with E-state index >= 15 is 0 Å². The molecule has 1 heterocycles. The number of aliphatic carboxylic acids is 1. The number of carboxylic acid groups (broad SMARTS) is 1. The molecule has 0 spiro atoms. The van der Waals surface area contributed by atoms with Crippen LogP contribution in [0, 0.1) is 5.92 Å². The van der Waals surface area contributed by atoms with Gasteiger partial charge in [0, 0.05) is 6.54 Å². The molecule has 1 fully saturated rings. The summed E-state index contributed by atoms with van der Waals surface area (Å²) in [7, 11) is 0. The number of amides is 1. The first-order chi connectivity index (χ1) is 14.7. The first-order valence-electron chi connectivity index (χ1n) is 10.6. The fourth-order valence-electron chi connectivity index (χ4n) is 3.79. The van der Waals surface area contributed by atoms with E-state index in [0.29, 0.717) is 32.6 Å². The molecule has 3 rings (SSSR count). The van der Waals surface area contributed by atoms with Gasteiger partial charge in [-0.25, -0.2) is 9.59 Å². The summed E-state index contributed by atoms with van der Waals surface area (Å²) in [5, 5.41) is 9.55. The second-order valence-electron chi connectivity index (χ2n) is 9.09. The predicted molar refractivity (Wildman–Crippen MR) is 118 cm³/mol. The van der Waals surface area contributed by atoms with Crippen molar-refractivity contribution in [2.45, 2.75) is 58.5 Å². The van der Waals surface area contributed by atoms with Crippen molar-refractivity contribution in [3.63, 3.8) is 0 Å². The summed E-state index contributed by atoms with van der Waals surface area (Å²) in [4.78, 5) is 25.5. The Balaban J connectivity index is 1.53.